The van der Waals surface area contributed by atoms with Crippen LogP contribution >= 0.6 is 23.2 Å². The Morgan fingerprint density at radius 1 is 1.05 bits per heavy atom. The summed E-state index contributed by atoms with van der Waals surface area (Å²) in [6.45, 7) is 4.16. The highest BCUT2D eigenvalue weighted by molar-refractivity contribution is 6.33. The highest BCUT2D eigenvalue weighted by Crippen LogP contribution is 2.37. The van der Waals surface area contributed by atoms with E-state index >= 15 is 0 Å². The van der Waals surface area contributed by atoms with Crippen molar-refractivity contribution in [2.45, 2.75) is 19.2 Å². The number of halogens is 2. The lowest BCUT2D eigenvalue weighted by Gasteiger charge is -2.16. The van der Waals surface area contributed by atoms with E-state index in [0.29, 0.717) is 5.02 Å². The van der Waals surface area contributed by atoms with E-state index < -0.39 is 0 Å². The third-order valence-electron chi connectivity index (χ3n) is 3.40. The first-order valence-electron chi connectivity index (χ1n) is 6.08. The number of ether oxygens (including phenoxy) is 1. The Morgan fingerprint density at radius 2 is 1.79 bits per heavy atom. The van der Waals surface area contributed by atoms with Crippen molar-refractivity contribution in [2.24, 2.45) is 0 Å². The molecule has 19 heavy (non-hydrogen) atoms. The van der Waals surface area contributed by atoms with E-state index in [9.17, 15) is 0 Å². The van der Waals surface area contributed by atoms with Gasteiger partial charge in [-0.3, -0.25) is 0 Å². The first-order valence-corrected chi connectivity index (χ1v) is 6.89. The van der Waals surface area contributed by atoms with E-state index in [-0.39, 0.29) is 5.38 Å². The van der Waals surface area contributed by atoms with Crippen molar-refractivity contribution in [3.63, 3.8) is 0 Å². The highest BCUT2D eigenvalue weighted by atomic mass is 35.5. The van der Waals surface area contributed by atoms with Crippen LogP contribution in [-0.4, -0.2) is 7.11 Å². The first kappa shape index (κ1) is 14.2. The summed E-state index contributed by atoms with van der Waals surface area (Å²) in [5.41, 5.74) is 4.42. The smallest absolute Gasteiger partial charge is 0.120 e. The second kappa shape index (κ2) is 5.85. The number of alkyl halides is 1. The maximum atomic E-state index is 6.58. The molecule has 0 heterocycles. The molecular formula is C16H16Cl2O. The maximum Gasteiger partial charge on any atom is 0.120 e. The Bertz CT molecular complexity index is 593. The van der Waals surface area contributed by atoms with Crippen LogP contribution in [0.4, 0.5) is 0 Å². The Hall–Kier alpha value is -1.18. The molecule has 0 bridgehead atoms. The average Bonchev–Trinajstić information content (AvgIpc) is 2.41. The lowest BCUT2D eigenvalue weighted by atomic mass is 9.97. The van der Waals surface area contributed by atoms with Crippen molar-refractivity contribution in [1.82, 2.24) is 0 Å². The number of hydrogen-bond acceptors (Lipinski definition) is 1. The summed E-state index contributed by atoms with van der Waals surface area (Å²) in [5, 5.41) is 0.374. The quantitative estimate of drug-likeness (QED) is 0.699. The topological polar surface area (TPSA) is 9.23 Å². The van der Waals surface area contributed by atoms with Gasteiger partial charge in [0.1, 0.15) is 5.75 Å². The van der Waals surface area contributed by atoms with Crippen molar-refractivity contribution in [3.05, 3.63) is 63.7 Å². The molecule has 0 radical (unpaired) electrons. The van der Waals surface area contributed by atoms with Gasteiger partial charge in [-0.2, -0.15) is 0 Å². The van der Waals surface area contributed by atoms with Crippen LogP contribution in [0, 0.1) is 13.8 Å². The van der Waals surface area contributed by atoms with Crippen LogP contribution in [0.25, 0.3) is 0 Å². The van der Waals surface area contributed by atoms with E-state index in [0.717, 1.165) is 16.9 Å². The van der Waals surface area contributed by atoms with E-state index in [2.05, 4.69) is 19.9 Å². The Labute approximate surface area is 124 Å². The lowest BCUT2D eigenvalue weighted by Crippen LogP contribution is -1.99. The predicted molar refractivity (Wildman–Crippen MR) is 81.6 cm³/mol. The summed E-state index contributed by atoms with van der Waals surface area (Å²) >= 11 is 12.9. The van der Waals surface area contributed by atoms with Crippen LogP contribution < -0.4 is 4.74 Å². The van der Waals surface area contributed by atoms with Crippen LogP contribution in [0.3, 0.4) is 0 Å². The monoisotopic (exact) mass is 294 g/mol. The summed E-state index contributed by atoms with van der Waals surface area (Å²) in [4.78, 5) is 0. The molecular weight excluding hydrogens is 279 g/mol. The minimum Gasteiger partial charge on any atom is -0.497 e. The predicted octanol–water partition coefficient (Wildman–Crippen LogP) is 5.29. The van der Waals surface area contributed by atoms with Crippen molar-refractivity contribution in [3.8, 4) is 5.75 Å². The number of rotatable bonds is 3. The number of hydrogen-bond donors (Lipinski definition) is 0. The standard InChI is InChI=1S/C16H16Cl2O/c1-10-5-4-6-13(11(10)2)16(18)14-8-7-12(19-3)9-15(14)17/h4-9,16H,1-3H3. The zero-order valence-corrected chi connectivity index (χ0v) is 12.7. The highest BCUT2D eigenvalue weighted by Gasteiger charge is 2.17. The Morgan fingerprint density at radius 3 is 2.42 bits per heavy atom. The van der Waals surface area contributed by atoms with Gasteiger partial charge >= 0.3 is 0 Å². The minimum absolute atomic E-state index is 0.252. The molecule has 1 atom stereocenters. The molecule has 0 N–H and O–H groups in total. The molecule has 0 aliphatic rings. The average molecular weight is 295 g/mol. The van der Waals surface area contributed by atoms with Crippen molar-refractivity contribution >= 4 is 23.2 Å². The molecule has 3 heteroatoms. The molecule has 0 aromatic heterocycles. The Balaban J connectivity index is 2.44. The third kappa shape index (κ3) is 2.88. The molecule has 0 spiro atoms. The lowest BCUT2D eigenvalue weighted by molar-refractivity contribution is 0.414. The van der Waals surface area contributed by atoms with Gasteiger partial charge in [-0.1, -0.05) is 35.9 Å². The maximum absolute atomic E-state index is 6.58. The summed E-state index contributed by atoms with van der Waals surface area (Å²) in [6, 6.07) is 11.7. The molecule has 2 rings (SSSR count). The molecule has 0 saturated heterocycles. The van der Waals surface area contributed by atoms with Gasteiger partial charge in [-0.05, 0) is 48.2 Å². The fourth-order valence-corrected chi connectivity index (χ4v) is 2.82. The van der Waals surface area contributed by atoms with E-state index in [1.807, 2.05) is 24.3 Å². The van der Waals surface area contributed by atoms with Gasteiger partial charge in [0.25, 0.3) is 0 Å². The Kier molecular flexibility index (Phi) is 4.38. The van der Waals surface area contributed by atoms with Gasteiger partial charge < -0.3 is 4.74 Å². The third-order valence-corrected chi connectivity index (χ3v) is 4.20. The van der Waals surface area contributed by atoms with E-state index in [1.165, 1.54) is 11.1 Å². The molecule has 0 aliphatic carbocycles. The molecule has 0 saturated carbocycles. The van der Waals surface area contributed by atoms with E-state index in [1.54, 1.807) is 13.2 Å². The fraction of sp³-hybridized carbons (Fsp3) is 0.250. The molecule has 0 fully saturated rings. The summed E-state index contributed by atoms with van der Waals surface area (Å²) in [5.74, 6) is 0.735. The van der Waals surface area contributed by atoms with Gasteiger partial charge in [0.15, 0.2) is 0 Å². The van der Waals surface area contributed by atoms with Crippen LogP contribution in [0.5, 0.6) is 5.75 Å². The molecule has 2 aromatic carbocycles. The van der Waals surface area contributed by atoms with Crippen LogP contribution in [0.2, 0.25) is 5.02 Å². The second-order valence-corrected chi connectivity index (χ2v) is 5.38. The van der Waals surface area contributed by atoms with Crippen LogP contribution in [0.15, 0.2) is 36.4 Å². The molecule has 1 unspecified atom stereocenters. The number of benzene rings is 2. The minimum atomic E-state index is -0.252. The van der Waals surface area contributed by atoms with Crippen LogP contribution in [-0.2, 0) is 0 Å². The van der Waals surface area contributed by atoms with Crippen molar-refractivity contribution in [2.75, 3.05) is 7.11 Å². The van der Waals surface area contributed by atoms with Gasteiger partial charge in [0.05, 0.1) is 12.5 Å². The summed E-state index contributed by atoms with van der Waals surface area (Å²) in [6.07, 6.45) is 0. The van der Waals surface area contributed by atoms with Gasteiger partial charge in [-0.25, -0.2) is 0 Å². The zero-order valence-electron chi connectivity index (χ0n) is 11.2. The zero-order chi connectivity index (χ0) is 14.0. The van der Waals surface area contributed by atoms with Gasteiger partial charge in [0, 0.05) is 5.02 Å². The summed E-state index contributed by atoms with van der Waals surface area (Å²) in [7, 11) is 1.62. The second-order valence-electron chi connectivity index (χ2n) is 4.54. The van der Waals surface area contributed by atoms with Gasteiger partial charge in [0.2, 0.25) is 0 Å². The van der Waals surface area contributed by atoms with Crippen molar-refractivity contribution in [1.29, 1.82) is 0 Å². The fourth-order valence-electron chi connectivity index (χ4n) is 2.06. The van der Waals surface area contributed by atoms with Crippen LogP contribution in [0.1, 0.15) is 27.6 Å². The largest absolute Gasteiger partial charge is 0.497 e. The molecule has 2 aromatic rings. The molecule has 0 amide bonds. The number of aryl methyl sites for hydroxylation is 1. The number of methoxy groups -OCH3 is 1. The molecule has 100 valence electrons. The summed E-state index contributed by atoms with van der Waals surface area (Å²) < 4.78 is 5.15. The van der Waals surface area contributed by atoms with Crippen molar-refractivity contribution < 1.29 is 4.74 Å². The van der Waals surface area contributed by atoms with E-state index in [4.69, 9.17) is 27.9 Å². The SMILES string of the molecule is COc1ccc(C(Cl)c2cccc(C)c2C)c(Cl)c1. The van der Waals surface area contributed by atoms with Gasteiger partial charge in [-0.15, -0.1) is 11.6 Å². The molecule has 0 aliphatic heterocycles. The molecule has 1 nitrogen and oxygen atoms in total. The normalized spacial score (nSPS) is 12.3. The first-order chi connectivity index (χ1) is 9.04.